The van der Waals surface area contributed by atoms with Gasteiger partial charge in [0, 0.05) is 38.1 Å². The zero-order valence-corrected chi connectivity index (χ0v) is 26.5. The Morgan fingerprint density at radius 1 is 0.436 bits per heavy atom. The molecule has 0 bridgehead atoms. The maximum absolute atomic E-state index is 14.0. The van der Waals surface area contributed by atoms with Crippen molar-refractivity contribution in [2.75, 3.05) is 18.8 Å². The molecule has 3 N–H and O–H groups in total. The molecule has 0 radical (unpaired) electrons. The SMILES string of the molecule is O=C(O)CCCCNC(=O)CCNC(=O)SCCC(F)(F)C(F)(F)C(F)(F)C(F)(F)C(F)(F)C(F)(F)C(F)(F)C(F)(F)C(F)(F)C(F)(F)C(F)(F)C(F)(F)F. The molecule has 0 fully saturated rings. The summed E-state index contributed by atoms with van der Waals surface area (Å²) in [7, 11) is 0. The first-order valence-corrected chi connectivity index (χ1v) is 14.6. The van der Waals surface area contributed by atoms with Gasteiger partial charge < -0.3 is 15.7 Å². The second-order valence-corrected chi connectivity index (χ2v) is 11.8. The molecule has 0 aliphatic rings. The highest BCUT2D eigenvalue weighted by Crippen LogP contribution is 2.67. The molecule has 0 rings (SSSR count). The first-order chi connectivity index (χ1) is 24.0. The smallest absolute Gasteiger partial charge is 0.460 e. The van der Waals surface area contributed by atoms with Gasteiger partial charge >= 0.3 is 77.3 Å². The first kappa shape index (κ1) is 52.0. The van der Waals surface area contributed by atoms with E-state index in [4.69, 9.17) is 5.11 Å². The van der Waals surface area contributed by atoms with Gasteiger partial charge in [0.2, 0.25) is 5.91 Å². The van der Waals surface area contributed by atoms with Gasteiger partial charge in [-0.3, -0.25) is 14.4 Å². The fourth-order valence-corrected chi connectivity index (χ4v) is 4.21. The van der Waals surface area contributed by atoms with E-state index >= 15 is 0 Å². The first-order valence-electron chi connectivity index (χ1n) is 13.6. The predicted molar refractivity (Wildman–Crippen MR) is 130 cm³/mol. The Hall–Kier alpha value is -2.99. The summed E-state index contributed by atoms with van der Waals surface area (Å²) in [5, 5.41) is 10.7. The molecule has 0 atom stereocenters. The number of carboxylic acid groups (broad SMARTS) is 1. The number of nitrogens with one attached hydrogen (secondary N) is 2. The second kappa shape index (κ2) is 16.1. The van der Waals surface area contributed by atoms with E-state index in [0.717, 1.165) is 0 Å². The number of carbonyl (C=O) groups excluding carboxylic acids is 2. The van der Waals surface area contributed by atoms with E-state index in [2.05, 4.69) is 5.32 Å². The molecule has 0 saturated carbocycles. The van der Waals surface area contributed by atoms with Crippen LogP contribution in [0.4, 0.5) is 115 Å². The van der Waals surface area contributed by atoms with E-state index in [-0.39, 0.29) is 25.8 Å². The van der Waals surface area contributed by atoms with E-state index < -0.39 is 125 Å². The van der Waals surface area contributed by atoms with E-state index in [1.54, 1.807) is 5.32 Å². The van der Waals surface area contributed by atoms with Crippen LogP contribution in [0.2, 0.25) is 0 Å². The quantitative estimate of drug-likeness (QED) is 0.0790. The van der Waals surface area contributed by atoms with Crippen LogP contribution in [0.5, 0.6) is 0 Å². The van der Waals surface area contributed by atoms with Gasteiger partial charge in [0.15, 0.2) is 0 Å². The number of hydrogen-bond acceptors (Lipinski definition) is 4. The van der Waals surface area contributed by atoms with Crippen molar-refractivity contribution in [2.24, 2.45) is 0 Å². The summed E-state index contributed by atoms with van der Waals surface area (Å²) in [5.41, 5.74) is 0. The van der Waals surface area contributed by atoms with E-state index in [1.807, 2.05) is 0 Å². The molecule has 0 spiro atoms. The summed E-state index contributed by atoms with van der Waals surface area (Å²) < 4.78 is 338. The monoisotopic (exact) mass is 894 g/mol. The van der Waals surface area contributed by atoms with Gasteiger partial charge in [0.25, 0.3) is 5.24 Å². The van der Waals surface area contributed by atoms with Crippen molar-refractivity contribution in [3.8, 4) is 0 Å². The zero-order chi connectivity index (χ0) is 44.5. The van der Waals surface area contributed by atoms with Crippen LogP contribution in [-0.4, -0.2) is 112 Å². The maximum Gasteiger partial charge on any atom is 0.460 e. The summed E-state index contributed by atoms with van der Waals surface area (Å²) in [6.07, 6.45) is -11.9. The molecule has 2 amide bonds. The minimum absolute atomic E-state index is 0.0953. The van der Waals surface area contributed by atoms with Gasteiger partial charge in [-0.2, -0.15) is 110 Å². The topological polar surface area (TPSA) is 95.5 Å². The van der Waals surface area contributed by atoms with Crippen LogP contribution in [0.25, 0.3) is 0 Å². The number of alkyl halides is 25. The van der Waals surface area contributed by atoms with Crippen LogP contribution in [-0.2, 0) is 9.59 Å². The third kappa shape index (κ3) is 8.95. The van der Waals surface area contributed by atoms with E-state index in [0.29, 0.717) is 0 Å². The molecular weight excluding hydrogens is 875 g/mol. The minimum Gasteiger partial charge on any atom is -0.481 e. The Morgan fingerprint density at radius 2 is 0.782 bits per heavy atom. The Bertz CT molecular complexity index is 1370. The Kier molecular flexibility index (Phi) is 15.2. The van der Waals surface area contributed by atoms with Crippen molar-refractivity contribution >= 4 is 28.9 Å². The summed E-state index contributed by atoms with van der Waals surface area (Å²) >= 11 is -0.650. The summed E-state index contributed by atoms with van der Waals surface area (Å²) in [4.78, 5) is 33.5. The normalized spacial score (nSPS) is 15.2. The van der Waals surface area contributed by atoms with Crippen LogP contribution in [0.15, 0.2) is 0 Å². The highest BCUT2D eigenvalue weighted by molar-refractivity contribution is 8.13. The lowest BCUT2D eigenvalue weighted by Crippen LogP contribution is -2.78. The molecule has 0 aliphatic heterocycles. The maximum atomic E-state index is 14.0. The molecule has 0 saturated heterocycles. The highest BCUT2D eigenvalue weighted by Gasteiger charge is 2.99. The number of halogens is 25. The van der Waals surface area contributed by atoms with Crippen LogP contribution < -0.4 is 10.6 Å². The van der Waals surface area contributed by atoms with Gasteiger partial charge in [-0.15, -0.1) is 0 Å². The van der Waals surface area contributed by atoms with Gasteiger partial charge in [0.05, 0.1) is 0 Å². The minimum atomic E-state index is -9.66. The molecule has 0 aromatic carbocycles. The van der Waals surface area contributed by atoms with Crippen LogP contribution >= 0.6 is 11.8 Å². The molecule has 0 aliphatic carbocycles. The molecule has 6 nitrogen and oxygen atoms in total. The van der Waals surface area contributed by atoms with Gasteiger partial charge in [0.1, 0.15) is 0 Å². The lowest BCUT2D eigenvalue weighted by Gasteiger charge is -2.45. The zero-order valence-electron chi connectivity index (χ0n) is 25.7. The van der Waals surface area contributed by atoms with Crippen molar-refractivity contribution in [3.05, 3.63) is 0 Å². The molecule has 0 aromatic rings. The lowest BCUT2D eigenvalue weighted by atomic mass is 9.84. The van der Waals surface area contributed by atoms with Crippen molar-refractivity contribution in [3.63, 3.8) is 0 Å². The molecule has 0 aromatic heterocycles. The summed E-state index contributed by atoms with van der Waals surface area (Å²) in [5.74, 6) is -103. The van der Waals surface area contributed by atoms with Crippen molar-refractivity contribution in [1.29, 1.82) is 0 Å². The number of thioether (sulfide) groups is 1. The van der Waals surface area contributed by atoms with Crippen LogP contribution in [0.1, 0.15) is 32.1 Å². The molecular formula is C23H19F25N2O4S. The average molecular weight is 894 g/mol. The fraction of sp³-hybridized carbons (Fsp3) is 0.870. The van der Waals surface area contributed by atoms with Gasteiger partial charge in [-0.1, -0.05) is 11.8 Å². The molecule has 0 unspecified atom stereocenters. The number of amides is 2. The lowest BCUT2D eigenvalue weighted by molar-refractivity contribution is -0.482. The van der Waals surface area contributed by atoms with Gasteiger partial charge in [-0.05, 0) is 12.8 Å². The largest absolute Gasteiger partial charge is 0.481 e. The number of hydrogen-bond donors (Lipinski definition) is 3. The third-order valence-corrected chi connectivity index (χ3v) is 7.59. The number of carboxylic acids is 1. The van der Waals surface area contributed by atoms with Gasteiger partial charge in [-0.25, -0.2) is 0 Å². The Labute approximate surface area is 291 Å². The Balaban J connectivity index is 6.21. The summed E-state index contributed by atoms with van der Waals surface area (Å²) in [6, 6.07) is 0. The molecule has 55 heavy (non-hydrogen) atoms. The summed E-state index contributed by atoms with van der Waals surface area (Å²) in [6.45, 7) is -0.813. The fourth-order valence-electron chi connectivity index (χ4n) is 3.46. The third-order valence-electron chi connectivity index (χ3n) is 6.77. The van der Waals surface area contributed by atoms with E-state index in [1.165, 1.54) is 0 Å². The van der Waals surface area contributed by atoms with Crippen LogP contribution in [0.3, 0.4) is 0 Å². The standard InChI is InChI=1S/C23H19F25N2O4S/c24-12(25,5-8-55-11(54)50-7-4-9(51)49-6-2-1-3-10(52)53)13(26,27)14(28,29)15(30,31)16(32,33)17(34,35)18(36,37)19(38,39)20(40,41)21(42,43)22(44,45)23(46,47)48/h1-8H2,(H,49,51)(H,50,54)(H,52,53). The second-order valence-electron chi connectivity index (χ2n) is 10.7. The highest BCUT2D eigenvalue weighted by atomic mass is 32.2. The van der Waals surface area contributed by atoms with E-state index in [9.17, 15) is 124 Å². The molecule has 32 heteroatoms. The number of aliphatic carboxylic acids is 1. The molecule has 0 heterocycles. The van der Waals surface area contributed by atoms with Crippen molar-refractivity contribution < 1.29 is 129 Å². The number of rotatable bonds is 21. The van der Waals surface area contributed by atoms with Crippen molar-refractivity contribution in [2.45, 2.75) is 103 Å². The number of unbranched alkanes of at least 4 members (excludes halogenated alkanes) is 1. The van der Waals surface area contributed by atoms with Crippen LogP contribution in [0, 0.1) is 0 Å². The number of carbonyl (C=O) groups is 3. The van der Waals surface area contributed by atoms with Crippen molar-refractivity contribution in [1.82, 2.24) is 10.6 Å². The Morgan fingerprint density at radius 3 is 1.13 bits per heavy atom. The predicted octanol–water partition coefficient (Wildman–Crippen LogP) is 9.13. The molecule has 326 valence electrons. The average Bonchev–Trinajstić information content (AvgIpc) is 2.98.